The molecule has 0 atom stereocenters. The van der Waals surface area contributed by atoms with E-state index in [2.05, 4.69) is 9.82 Å². The molecule has 132 valence electrons. The predicted molar refractivity (Wildman–Crippen MR) is 90.9 cm³/mol. The maximum absolute atomic E-state index is 12.4. The second-order valence-corrected chi connectivity index (χ2v) is 7.28. The molecule has 0 aliphatic heterocycles. The molecule has 0 unspecified atom stereocenters. The van der Waals surface area contributed by atoms with Crippen LogP contribution in [-0.4, -0.2) is 42.6 Å². The maximum Gasteiger partial charge on any atom is 0.253 e. The van der Waals surface area contributed by atoms with Crippen molar-refractivity contribution in [1.29, 1.82) is 5.26 Å². The number of nitrogens with one attached hydrogen (secondary N) is 1. The van der Waals surface area contributed by atoms with Crippen LogP contribution in [0.3, 0.4) is 0 Å². The molecule has 0 radical (unpaired) electrons. The first-order valence-corrected chi connectivity index (χ1v) is 9.01. The first kappa shape index (κ1) is 18.6. The molecule has 2 rings (SSSR count). The van der Waals surface area contributed by atoms with Crippen molar-refractivity contribution >= 4 is 15.9 Å². The van der Waals surface area contributed by atoms with Gasteiger partial charge in [-0.1, -0.05) is 0 Å². The summed E-state index contributed by atoms with van der Waals surface area (Å²) in [7, 11) is -0.207. The van der Waals surface area contributed by atoms with Crippen LogP contribution in [0.4, 0.5) is 0 Å². The highest BCUT2D eigenvalue weighted by Gasteiger charge is 2.16. The molecule has 0 spiro atoms. The van der Waals surface area contributed by atoms with Gasteiger partial charge < -0.3 is 4.90 Å². The molecular formula is C16H19N5O3S. The number of hydrogen-bond donors (Lipinski definition) is 1. The van der Waals surface area contributed by atoms with Crippen LogP contribution in [0.2, 0.25) is 0 Å². The summed E-state index contributed by atoms with van der Waals surface area (Å²) >= 11 is 0. The van der Waals surface area contributed by atoms with E-state index in [0.717, 1.165) is 5.56 Å². The number of nitriles is 1. The Morgan fingerprint density at radius 3 is 2.60 bits per heavy atom. The molecule has 1 aromatic heterocycles. The van der Waals surface area contributed by atoms with Gasteiger partial charge in [-0.25, -0.2) is 13.1 Å². The fourth-order valence-corrected chi connectivity index (χ4v) is 3.25. The summed E-state index contributed by atoms with van der Waals surface area (Å²) in [5, 5.41) is 12.5. The maximum atomic E-state index is 12.4. The Labute approximate surface area is 146 Å². The van der Waals surface area contributed by atoms with Crippen molar-refractivity contribution in [2.45, 2.75) is 17.9 Å². The number of aryl methyl sites for hydroxylation is 1. The molecule has 0 saturated heterocycles. The Hall–Kier alpha value is -2.70. The Kier molecular flexibility index (Phi) is 5.90. The molecule has 0 aliphatic carbocycles. The second-order valence-electron chi connectivity index (χ2n) is 5.51. The van der Waals surface area contributed by atoms with Gasteiger partial charge in [-0.3, -0.25) is 9.48 Å². The fraction of sp³-hybridized carbons (Fsp3) is 0.312. The number of rotatable bonds is 7. The molecule has 1 N–H and O–H groups in total. The third-order valence-corrected chi connectivity index (χ3v) is 4.94. The third kappa shape index (κ3) is 4.89. The normalized spacial score (nSPS) is 11.1. The standard InChI is InChI=1S/C16H19N5O3S/c1-20(11-13-10-18-21(2)12-13)16(22)14-4-6-15(7-5-14)25(23,24)19-9-3-8-17/h4-7,10,12,19H,3,9,11H2,1-2H3. The average molecular weight is 361 g/mol. The quantitative estimate of drug-likeness (QED) is 0.737. The van der Waals surface area contributed by atoms with E-state index < -0.39 is 10.0 Å². The fourth-order valence-electron chi connectivity index (χ4n) is 2.22. The highest BCUT2D eigenvalue weighted by atomic mass is 32.2. The van der Waals surface area contributed by atoms with Gasteiger partial charge >= 0.3 is 0 Å². The van der Waals surface area contributed by atoms with Gasteiger partial charge in [0, 0.05) is 50.9 Å². The topological polar surface area (TPSA) is 108 Å². The third-order valence-electron chi connectivity index (χ3n) is 3.47. The summed E-state index contributed by atoms with van der Waals surface area (Å²) in [6.07, 6.45) is 3.60. The predicted octanol–water partition coefficient (Wildman–Crippen LogP) is 0.884. The van der Waals surface area contributed by atoms with Crippen LogP contribution >= 0.6 is 0 Å². The van der Waals surface area contributed by atoms with Crippen molar-refractivity contribution in [3.63, 3.8) is 0 Å². The van der Waals surface area contributed by atoms with Gasteiger partial charge in [0.15, 0.2) is 0 Å². The van der Waals surface area contributed by atoms with Crippen LogP contribution in [0.5, 0.6) is 0 Å². The van der Waals surface area contributed by atoms with Crippen molar-refractivity contribution in [2.75, 3.05) is 13.6 Å². The Bertz CT molecular complexity index is 881. The van der Waals surface area contributed by atoms with Crippen LogP contribution in [0.1, 0.15) is 22.3 Å². The summed E-state index contributed by atoms with van der Waals surface area (Å²) in [6.45, 7) is 0.454. The van der Waals surface area contributed by atoms with E-state index in [4.69, 9.17) is 5.26 Å². The van der Waals surface area contributed by atoms with E-state index >= 15 is 0 Å². The van der Waals surface area contributed by atoms with Gasteiger partial charge in [-0.05, 0) is 24.3 Å². The van der Waals surface area contributed by atoms with Gasteiger partial charge in [0.05, 0.1) is 17.2 Å². The molecule has 8 nitrogen and oxygen atoms in total. The van der Waals surface area contributed by atoms with Crippen LogP contribution in [0.15, 0.2) is 41.6 Å². The molecule has 1 aromatic carbocycles. The van der Waals surface area contributed by atoms with Crippen LogP contribution in [0, 0.1) is 11.3 Å². The lowest BCUT2D eigenvalue weighted by atomic mass is 10.2. The van der Waals surface area contributed by atoms with Gasteiger partial charge in [-0.2, -0.15) is 10.4 Å². The zero-order valence-electron chi connectivity index (χ0n) is 14.0. The highest BCUT2D eigenvalue weighted by Crippen LogP contribution is 2.13. The molecule has 2 aromatic rings. The van der Waals surface area contributed by atoms with E-state index in [1.165, 1.54) is 29.2 Å². The first-order valence-electron chi connectivity index (χ1n) is 7.53. The minimum Gasteiger partial charge on any atom is -0.337 e. The SMILES string of the molecule is CN(Cc1cnn(C)c1)C(=O)c1ccc(S(=O)(=O)NCCC#N)cc1. The molecule has 0 aliphatic rings. The second kappa shape index (κ2) is 7.92. The lowest BCUT2D eigenvalue weighted by Gasteiger charge is -2.16. The van der Waals surface area contributed by atoms with Gasteiger partial charge in [-0.15, -0.1) is 0 Å². The molecule has 0 saturated carbocycles. The molecule has 25 heavy (non-hydrogen) atoms. The molecule has 0 fully saturated rings. The molecule has 9 heteroatoms. The number of carbonyl (C=O) groups is 1. The van der Waals surface area contributed by atoms with Crippen LogP contribution < -0.4 is 4.72 Å². The average Bonchev–Trinajstić information content (AvgIpc) is 2.99. The number of aromatic nitrogens is 2. The molecule has 1 amide bonds. The molecular weight excluding hydrogens is 342 g/mol. The monoisotopic (exact) mass is 361 g/mol. The van der Waals surface area contributed by atoms with Crippen molar-refractivity contribution in [1.82, 2.24) is 19.4 Å². The van der Waals surface area contributed by atoms with Crippen molar-refractivity contribution in [2.24, 2.45) is 7.05 Å². The zero-order valence-corrected chi connectivity index (χ0v) is 14.8. The number of sulfonamides is 1. The first-order chi connectivity index (χ1) is 11.8. The number of benzene rings is 1. The summed E-state index contributed by atoms with van der Waals surface area (Å²) in [5.74, 6) is -0.217. The number of nitrogens with zero attached hydrogens (tertiary/aromatic N) is 4. The summed E-state index contributed by atoms with van der Waals surface area (Å²) in [6, 6.07) is 7.56. The van der Waals surface area contributed by atoms with Gasteiger partial charge in [0.2, 0.25) is 10.0 Å². The lowest BCUT2D eigenvalue weighted by molar-refractivity contribution is 0.0785. The van der Waals surface area contributed by atoms with Gasteiger partial charge in [0.1, 0.15) is 0 Å². The number of hydrogen-bond acceptors (Lipinski definition) is 5. The Balaban J connectivity index is 2.05. The molecule has 1 heterocycles. The van der Waals surface area contributed by atoms with E-state index in [0.29, 0.717) is 12.1 Å². The zero-order chi connectivity index (χ0) is 18.4. The number of carbonyl (C=O) groups excluding carboxylic acids is 1. The van der Waals surface area contributed by atoms with Crippen LogP contribution in [0.25, 0.3) is 0 Å². The Morgan fingerprint density at radius 2 is 2.04 bits per heavy atom. The van der Waals surface area contributed by atoms with Crippen LogP contribution in [-0.2, 0) is 23.6 Å². The lowest BCUT2D eigenvalue weighted by Crippen LogP contribution is -2.27. The highest BCUT2D eigenvalue weighted by molar-refractivity contribution is 7.89. The minimum absolute atomic E-state index is 0.0490. The largest absolute Gasteiger partial charge is 0.337 e. The number of amides is 1. The summed E-state index contributed by atoms with van der Waals surface area (Å²) in [4.78, 5) is 14.0. The summed E-state index contributed by atoms with van der Waals surface area (Å²) < 4.78 is 28.1. The molecule has 0 bridgehead atoms. The van der Waals surface area contributed by atoms with E-state index in [1.54, 1.807) is 25.0 Å². The minimum atomic E-state index is -3.68. The summed E-state index contributed by atoms with van der Waals surface area (Å²) in [5.41, 5.74) is 1.29. The van der Waals surface area contributed by atoms with E-state index in [9.17, 15) is 13.2 Å². The Morgan fingerprint density at radius 1 is 1.36 bits per heavy atom. The van der Waals surface area contributed by atoms with Crippen molar-refractivity contribution in [3.8, 4) is 6.07 Å². The van der Waals surface area contributed by atoms with Crippen molar-refractivity contribution < 1.29 is 13.2 Å². The van der Waals surface area contributed by atoms with Crippen molar-refractivity contribution in [3.05, 3.63) is 47.8 Å². The smallest absolute Gasteiger partial charge is 0.253 e. The van der Waals surface area contributed by atoms with Gasteiger partial charge in [0.25, 0.3) is 5.91 Å². The van der Waals surface area contributed by atoms with E-state index in [-0.39, 0.29) is 23.8 Å². The van der Waals surface area contributed by atoms with E-state index in [1.807, 2.05) is 12.3 Å².